The number of alkyl halides is 3. The summed E-state index contributed by atoms with van der Waals surface area (Å²) in [5.74, 6) is 0.183. The number of methoxy groups -OCH3 is 2. The van der Waals surface area contributed by atoms with E-state index in [9.17, 15) is 22.8 Å². The SMILES string of the molecule is COc1ccc(CNC(=O)c2ccc(C(F)(F)F)[nH]c2=O)cc1OC. The van der Waals surface area contributed by atoms with Crippen molar-refractivity contribution >= 4 is 5.91 Å². The van der Waals surface area contributed by atoms with Crippen LogP contribution < -0.4 is 20.3 Å². The van der Waals surface area contributed by atoms with Crippen molar-refractivity contribution in [3.63, 3.8) is 0 Å². The summed E-state index contributed by atoms with van der Waals surface area (Å²) in [5.41, 5.74) is -2.07. The van der Waals surface area contributed by atoms with Gasteiger partial charge in [0.15, 0.2) is 11.5 Å². The van der Waals surface area contributed by atoms with Crippen molar-refractivity contribution in [1.82, 2.24) is 10.3 Å². The van der Waals surface area contributed by atoms with Gasteiger partial charge in [-0.15, -0.1) is 0 Å². The minimum Gasteiger partial charge on any atom is -0.493 e. The predicted molar refractivity (Wildman–Crippen MR) is 82.8 cm³/mol. The molecule has 0 bridgehead atoms. The average molecular weight is 356 g/mol. The summed E-state index contributed by atoms with van der Waals surface area (Å²) < 4.78 is 47.8. The van der Waals surface area contributed by atoms with Crippen LogP contribution in [0.1, 0.15) is 21.6 Å². The summed E-state index contributed by atoms with van der Waals surface area (Å²) >= 11 is 0. The molecule has 1 amide bonds. The van der Waals surface area contributed by atoms with Crippen LogP contribution in [-0.2, 0) is 12.7 Å². The number of benzene rings is 1. The van der Waals surface area contributed by atoms with Crippen LogP contribution in [0.15, 0.2) is 35.1 Å². The van der Waals surface area contributed by atoms with Crippen molar-refractivity contribution in [3.8, 4) is 11.5 Å². The third kappa shape index (κ3) is 4.31. The third-order valence-electron chi connectivity index (χ3n) is 3.36. The minimum absolute atomic E-state index is 0.0552. The van der Waals surface area contributed by atoms with Gasteiger partial charge in [0.1, 0.15) is 11.3 Å². The number of ether oxygens (including phenoxy) is 2. The largest absolute Gasteiger partial charge is 0.493 e. The van der Waals surface area contributed by atoms with Crippen LogP contribution in [0.25, 0.3) is 0 Å². The van der Waals surface area contributed by atoms with E-state index in [0.29, 0.717) is 23.1 Å². The fraction of sp³-hybridized carbons (Fsp3) is 0.250. The number of rotatable bonds is 5. The van der Waals surface area contributed by atoms with E-state index in [-0.39, 0.29) is 6.54 Å². The van der Waals surface area contributed by atoms with Crippen LogP contribution in [0.3, 0.4) is 0 Å². The first-order valence-corrected chi connectivity index (χ1v) is 7.06. The van der Waals surface area contributed by atoms with E-state index < -0.39 is 28.9 Å². The normalized spacial score (nSPS) is 11.1. The van der Waals surface area contributed by atoms with E-state index in [1.54, 1.807) is 23.2 Å². The van der Waals surface area contributed by atoms with Crippen molar-refractivity contribution in [2.75, 3.05) is 14.2 Å². The molecule has 0 fully saturated rings. The van der Waals surface area contributed by atoms with Crippen molar-refractivity contribution in [3.05, 3.63) is 57.5 Å². The number of hydrogen-bond acceptors (Lipinski definition) is 4. The molecule has 0 aliphatic heterocycles. The zero-order valence-corrected chi connectivity index (χ0v) is 13.4. The molecule has 134 valence electrons. The van der Waals surface area contributed by atoms with Crippen molar-refractivity contribution < 1.29 is 27.4 Å². The molecule has 2 aromatic rings. The number of aromatic nitrogens is 1. The van der Waals surface area contributed by atoms with Crippen LogP contribution in [0.5, 0.6) is 11.5 Å². The topological polar surface area (TPSA) is 80.4 Å². The first-order chi connectivity index (χ1) is 11.8. The predicted octanol–water partition coefficient (Wildman–Crippen LogP) is 2.34. The van der Waals surface area contributed by atoms with Gasteiger partial charge in [-0.2, -0.15) is 13.2 Å². The van der Waals surface area contributed by atoms with E-state index >= 15 is 0 Å². The Hall–Kier alpha value is -2.97. The number of carbonyl (C=O) groups is 1. The van der Waals surface area contributed by atoms with E-state index in [1.807, 2.05) is 0 Å². The summed E-state index contributed by atoms with van der Waals surface area (Å²) in [4.78, 5) is 25.3. The van der Waals surface area contributed by atoms with Crippen LogP contribution in [0, 0.1) is 0 Å². The van der Waals surface area contributed by atoms with E-state index in [4.69, 9.17) is 9.47 Å². The summed E-state index contributed by atoms with van der Waals surface area (Å²) in [5, 5.41) is 2.47. The second kappa shape index (κ2) is 7.29. The molecule has 9 heteroatoms. The zero-order valence-electron chi connectivity index (χ0n) is 13.4. The van der Waals surface area contributed by atoms with Gasteiger partial charge in [-0.25, -0.2) is 0 Å². The van der Waals surface area contributed by atoms with Gasteiger partial charge in [0.25, 0.3) is 11.5 Å². The number of hydrogen-bond donors (Lipinski definition) is 2. The van der Waals surface area contributed by atoms with E-state index in [2.05, 4.69) is 5.32 Å². The summed E-state index contributed by atoms with van der Waals surface area (Å²) in [6.07, 6.45) is -4.69. The third-order valence-corrected chi connectivity index (χ3v) is 3.36. The van der Waals surface area contributed by atoms with Crippen LogP contribution in [-0.4, -0.2) is 25.1 Å². The fourth-order valence-corrected chi connectivity index (χ4v) is 2.09. The molecule has 0 aliphatic carbocycles. The van der Waals surface area contributed by atoms with Gasteiger partial charge in [-0.05, 0) is 29.8 Å². The van der Waals surface area contributed by atoms with Gasteiger partial charge in [0.05, 0.1) is 14.2 Å². The lowest BCUT2D eigenvalue weighted by molar-refractivity contribution is -0.141. The molecule has 0 unspecified atom stereocenters. The lowest BCUT2D eigenvalue weighted by Gasteiger charge is -2.11. The summed E-state index contributed by atoms with van der Waals surface area (Å²) in [6.45, 7) is 0.0552. The molecule has 1 heterocycles. The maximum atomic E-state index is 12.5. The second-order valence-electron chi connectivity index (χ2n) is 4.98. The highest BCUT2D eigenvalue weighted by atomic mass is 19.4. The minimum atomic E-state index is -4.69. The Bertz CT molecular complexity index is 831. The van der Waals surface area contributed by atoms with Crippen LogP contribution >= 0.6 is 0 Å². The first-order valence-electron chi connectivity index (χ1n) is 7.06. The molecule has 0 saturated heterocycles. The first kappa shape index (κ1) is 18.4. The monoisotopic (exact) mass is 356 g/mol. The number of nitrogens with one attached hydrogen (secondary N) is 2. The van der Waals surface area contributed by atoms with Crippen LogP contribution in [0.4, 0.5) is 13.2 Å². The van der Waals surface area contributed by atoms with Crippen molar-refractivity contribution in [1.29, 1.82) is 0 Å². The average Bonchev–Trinajstić information content (AvgIpc) is 2.58. The quantitative estimate of drug-likeness (QED) is 0.862. The summed E-state index contributed by atoms with van der Waals surface area (Å²) in [7, 11) is 2.94. The molecule has 0 saturated carbocycles. The van der Waals surface area contributed by atoms with Gasteiger partial charge in [0, 0.05) is 6.54 Å². The highest BCUT2D eigenvalue weighted by Crippen LogP contribution is 2.28. The molecule has 0 aliphatic rings. The zero-order chi connectivity index (χ0) is 18.6. The molecule has 0 spiro atoms. The van der Waals surface area contributed by atoms with Crippen molar-refractivity contribution in [2.24, 2.45) is 0 Å². The Morgan fingerprint density at radius 2 is 1.80 bits per heavy atom. The molecular formula is C16H15F3N2O4. The number of amides is 1. The van der Waals surface area contributed by atoms with Crippen molar-refractivity contribution in [2.45, 2.75) is 12.7 Å². The Kier molecular flexibility index (Phi) is 5.35. The number of aromatic amines is 1. The highest BCUT2D eigenvalue weighted by Gasteiger charge is 2.32. The smallest absolute Gasteiger partial charge is 0.431 e. The van der Waals surface area contributed by atoms with Gasteiger partial charge in [-0.1, -0.05) is 6.07 Å². The van der Waals surface area contributed by atoms with E-state index in [1.165, 1.54) is 14.2 Å². The molecule has 6 nitrogen and oxygen atoms in total. The lowest BCUT2D eigenvalue weighted by Crippen LogP contribution is -2.30. The highest BCUT2D eigenvalue weighted by molar-refractivity contribution is 5.93. The Labute approximate surface area is 140 Å². The number of pyridine rings is 1. The number of carbonyl (C=O) groups excluding carboxylic acids is 1. The standard InChI is InChI=1S/C16H15F3N2O4/c1-24-11-5-3-9(7-12(11)25-2)8-20-14(22)10-4-6-13(16(17,18)19)21-15(10)23/h3-7H,8H2,1-2H3,(H,20,22)(H,21,23). The Morgan fingerprint density at radius 1 is 1.12 bits per heavy atom. The molecule has 2 N–H and O–H groups in total. The number of H-pyrrole nitrogens is 1. The fourth-order valence-electron chi connectivity index (χ4n) is 2.09. The maximum absolute atomic E-state index is 12.5. The number of halogens is 3. The van der Waals surface area contributed by atoms with Crippen LogP contribution in [0.2, 0.25) is 0 Å². The van der Waals surface area contributed by atoms with E-state index in [0.717, 1.165) is 6.07 Å². The molecule has 1 aromatic heterocycles. The van der Waals surface area contributed by atoms with Gasteiger partial charge in [0.2, 0.25) is 0 Å². The molecule has 0 radical (unpaired) electrons. The lowest BCUT2D eigenvalue weighted by atomic mass is 10.2. The Morgan fingerprint density at radius 3 is 2.36 bits per heavy atom. The molecule has 0 atom stereocenters. The summed E-state index contributed by atoms with van der Waals surface area (Å²) in [6, 6.07) is 6.44. The second-order valence-corrected chi connectivity index (χ2v) is 4.98. The molecule has 25 heavy (non-hydrogen) atoms. The molecule has 1 aromatic carbocycles. The maximum Gasteiger partial charge on any atom is 0.431 e. The van der Waals surface area contributed by atoms with Gasteiger partial charge < -0.3 is 19.8 Å². The van der Waals surface area contributed by atoms with Gasteiger partial charge >= 0.3 is 6.18 Å². The molecule has 2 rings (SSSR count). The Balaban J connectivity index is 2.12. The molecular weight excluding hydrogens is 341 g/mol. The van der Waals surface area contributed by atoms with Gasteiger partial charge in [-0.3, -0.25) is 9.59 Å².